The number of rotatable bonds is 3. The third kappa shape index (κ3) is 2.26. The molecule has 0 aliphatic carbocycles. The van der Waals surface area contributed by atoms with Gasteiger partial charge in [0.25, 0.3) is 5.95 Å². The summed E-state index contributed by atoms with van der Waals surface area (Å²) in [7, 11) is 0. The summed E-state index contributed by atoms with van der Waals surface area (Å²) >= 11 is 0. The molecule has 2 aromatic rings. The van der Waals surface area contributed by atoms with Crippen molar-refractivity contribution in [2.45, 2.75) is 13.8 Å². The first-order valence-electron chi connectivity index (χ1n) is 5.30. The first kappa shape index (κ1) is 12.0. The van der Waals surface area contributed by atoms with E-state index in [1.165, 1.54) is 17.2 Å². The van der Waals surface area contributed by atoms with Crippen LogP contribution in [-0.2, 0) is 4.74 Å². The summed E-state index contributed by atoms with van der Waals surface area (Å²) in [4.78, 5) is 23.5. The van der Waals surface area contributed by atoms with Crippen LogP contribution in [0.1, 0.15) is 23.0 Å². The molecule has 0 atom stereocenters. The lowest BCUT2D eigenvalue weighted by Crippen LogP contribution is -2.11. The molecule has 0 bridgehead atoms. The van der Waals surface area contributed by atoms with Crippen molar-refractivity contribution in [3.8, 4) is 5.95 Å². The molecule has 0 saturated carbocycles. The van der Waals surface area contributed by atoms with E-state index in [1.54, 1.807) is 13.8 Å². The fourth-order valence-electron chi connectivity index (χ4n) is 1.35. The number of aryl methyl sites for hydroxylation is 1. The van der Waals surface area contributed by atoms with Crippen molar-refractivity contribution in [1.82, 2.24) is 24.7 Å². The Labute approximate surface area is 103 Å². The van der Waals surface area contributed by atoms with E-state index in [0.29, 0.717) is 23.8 Å². The van der Waals surface area contributed by atoms with E-state index in [0.717, 1.165) is 0 Å². The molecule has 8 nitrogen and oxygen atoms in total. The number of carbonyl (C=O) groups excluding carboxylic acids is 1. The van der Waals surface area contributed by atoms with E-state index in [2.05, 4.69) is 20.1 Å². The molecule has 0 aromatic carbocycles. The molecule has 18 heavy (non-hydrogen) atoms. The topological polar surface area (TPSA) is 109 Å². The summed E-state index contributed by atoms with van der Waals surface area (Å²) in [5, 5.41) is 3.88. The van der Waals surface area contributed by atoms with Crippen LogP contribution in [0.2, 0.25) is 0 Å². The Bertz CT molecular complexity index is 579. The average Bonchev–Trinajstić information content (AvgIpc) is 2.76. The zero-order chi connectivity index (χ0) is 13.1. The van der Waals surface area contributed by atoms with E-state index in [-0.39, 0.29) is 5.95 Å². The molecule has 0 saturated heterocycles. The van der Waals surface area contributed by atoms with Gasteiger partial charge >= 0.3 is 5.97 Å². The van der Waals surface area contributed by atoms with Gasteiger partial charge in [-0.3, -0.25) is 0 Å². The average molecular weight is 248 g/mol. The first-order chi connectivity index (χ1) is 8.61. The second-order valence-electron chi connectivity index (χ2n) is 3.44. The highest BCUT2D eigenvalue weighted by atomic mass is 16.5. The smallest absolute Gasteiger partial charge is 0.341 e. The van der Waals surface area contributed by atoms with Crippen LogP contribution in [0.15, 0.2) is 12.5 Å². The van der Waals surface area contributed by atoms with E-state index in [4.69, 9.17) is 10.5 Å². The molecule has 2 heterocycles. The fraction of sp³-hybridized carbons (Fsp3) is 0.300. The van der Waals surface area contributed by atoms with Crippen LogP contribution in [0.3, 0.4) is 0 Å². The normalized spacial score (nSPS) is 10.3. The number of carbonyl (C=O) groups is 1. The molecule has 94 valence electrons. The second kappa shape index (κ2) is 4.78. The van der Waals surface area contributed by atoms with Crippen molar-refractivity contribution in [3.63, 3.8) is 0 Å². The van der Waals surface area contributed by atoms with Gasteiger partial charge in [-0.1, -0.05) is 0 Å². The van der Waals surface area contributed by atoms with E-state index >= 15 is 0 Å². The Hall–Kier alpha value is -2.51. The quantitative estimate of drug-likeness (QED) is 0.768. The van der Waals surface area contributed by atoms with E-state index < -0.39 is 5.97 Å². The van der Waals surface area contributed by atoms with Crippen LogP contribution in [0.25, 0.3) is 5.95 Å². The number of aromatic nitrogens is 5. The highest BCUT2D eigenvalue weighted by Gasteiger charge is 2.13. The molecule has 0 aliphatic rings. The molecule has 0 aliphatic heterocycles. The Kier molecular flexibility index (Phi) is 3.18. The number of hydrogen-bond donors (Lipinski definition) is 1. The highest BCUT2D eigenvalue weighted by molar-refractivity contribution is 5.90. The highest BCUT2D eigenvalue weighted by Crippen LogP contribution is 2.08. The minimum atomic E-state index is -0.445. The molecule has 2 rings (SSSR count). The summed E-state index contributed by atoms with van der Waals surface area (Å²) in [5.74, 6) is -0.0184. The maximum absolute atomic E-state index is 11.6. The number of ether oxygens (including phenoxy) is 1. The number of hydrogen-bond acceptors (Lipinski definition) is 7. The predicted octanol–water partition coefficient (Wildman–Crippen LogP) is 0.125. The molecule has 2 N–H and O–H groups in total. The third-order valence-electron chi connectivity index (χ3n) is 2.18. The molecular weight excluding hydrogens is 236 g/mol. The third-order valence-corrected chi connectivity index (χ3v) is 2.18. The second-order valence-corrected chi connectivity index (χ2v) is 3.44. The van der Waals surface area contributed by atoms with Crippen molar-refractivity contribution in [3.05, 3.63) is 23.8 Å². The molecular formula is C10H12N6O2. The number of esters is 1. The summed E-state index contributed by atoms with van der Waals surface area (Å²) < 4.78 is 6.22. The van der Waals surface area contributed by atoms with Gasteiger partial charge in [-0.25, -0.2) is 19.7 Å². The van der Waals surface area contributed by atoms with Gasteiger partial charge in [0.15, 0.2) is 0 Å². The van der Waals surface area contributed by atoms with Crippen molar-refractivity contribution in [1.29, 1.82) is 0 Å². The SMILES string of the molecule is CCOC(=O)c1cnc(-n2cnc(N)n2)nc1C. The van der Waals surface area contributed by atoms with Crippen molar-refractivity contribution < 1.29 is 9.53 Å². The van der Waals surface area contributed by atoms with Gasteiger partial charge in [0.1, 0.15) is 6.33 Å². The van der Waals surface area contributed by atoms with Crippen molar-refractivity contribution in [2.75, 3.05) is 12.3 Å². The Morgan fingerprint density at radius 1 is 1.50 bits per heavy atom. The maximum Gasteiger partial charge on any atom is 0.341 e. The molecule has 0 spiro atoms. The molecule has 0 radical (unpaired) electrons. The minimum absolute atomic E-state index is 0.130. The number of nitrogens with zero attached hydrogens (tertiary/aromatic N) is 5. The molecule has 2 aromatic heterocycles. The summed E-state index contributed by atoms with van der Waals surface area (Å²) in [6.07, 6.45) is 2.79. The van der Waals surface area contributed by atoms with Gasteiger partial charge in [0.05, 0.1) is 17.9 Å². The van der Waals surface area contributed by atoms with Crippen molar-refractivity contribution >= 4 is 11.9 Å². The zero-order valence-electron chi connectivity index (χ0n) is 9.99. The predicted molar refractivity (Wildman–Crippen MR) is 62.1 cm³/mol. The lowest BCUT2D eigenvalue weighted by molar-refractivity contribution is 0.0524. The summed E-state index contributed by atoms with van der Waals surface area (Å²) in [6.45, 7) is 3.73. The van der Waals surface area contributed by atoms with Crippen LogP contribution < -0.4 is 5.73 Å². The molecule has 0 amide bonds. The maximum atomic E-state index is 11.6. The van der Waals surface area contributed by atoms with Crippen molar-refractivity contribution in [2.24, 2.45) is 0 Å². The van der Waals surface area contributed by atoms with E-state index in [1.807, 2.05) is 0 Å². The first-order valence-corrected chi connectivity index (χ1v) is 5.30. The lowest BCUT2D eigenvalue weighted by Gasteiger charge is -2.05. The summed E-state index contributed by atoms with van der Waals surface area (Å²) in [6, 6.07) is 0. The van der Waals surface area contributed by atoms with Crippen LogP contribution >= 0.6 is 0 Å². The van der Waals surface area contributed by atoms with Gasteiger partial charge in [-0.15, -0.1) is 5.10 Å². The van der Waals surface area contributed by atoms with Gasteiger partial charge in [0, 0.05) is 6.20 Å². The molecule has 0 unspecified atom stereocenters. The Morgan fingerprint density at radius 3 is 2.83 bits per heavy atom. The number of nitrogens with two attached hydrogens (primary N) is 1. The Balaban J connectivity index is 2.33. The van der Waals surface area contributed by atoms with Gasteiger partial charge in [0.2, 0.25) is 5.95 Å². The zero-order valence-corrected chi connectivity index (χ0v) is 9.99. The minimum Gasteiger partial charge on any atom is -0.462 e. The van der Waals surface area contributed by atoms with Crippen LogP contribution in [0.4, 0.5) is 5.95 Å². The van der Waals surface area contributed by atoms with Gasteiger partial charge in [-0.05, 0) is 13.8 Å². The van der Waals surface area contributed by atoms with E-state index in [9.17, 15) is 4.79 Å². The van der Waals surface area contributed by atoms with Gasteiger partial charge < -0.3 is 10.5 Å². The lowest BCUT2D eigenvalue weighted by atomic mass is 10.2. The number of anilines is 1. The number of nitrogen functional groups attached to an aromatic ring is 1. The van der Waals surface area contributed by atoms with Gasteiger partial charge in [-0.2, -0.15) is 4.68 Å². The standard InChI is InChI=1S/C10H12N6O2/c1-3-18-8(17)7-4-12-10(14-6(7)2)16-5-13-9(11)15-16/h4-5H,3H2,1-2H3,(H2,11,15). The Morgan fingerprint density at radius 2 is 2.28 bits per heavy atom. The fourth-order valence-corrected chi connectivity index (χ4v) is 1.35. The van der Waals surface area contributed by atoms with Crippen LogP contribution in [0, 0.1) is 6.92 Å². The molecule has 8 heteroatoms. The largest absolute Gasteiger partial charge is 0.462 e. The van der Waals surface area contributed by atoms with Crippen LogP contribution in [-0.4, -0.2) is 37.3 Å². The summed E-state index contributed by atoms with van der Waals surface area (Å²) in [5.41, 5.74) is 6.23. The van der Waals surface area contributed by atoms with Crippen LogP contribution in [0.5, 0.6) is 0 Å². The monoisotopic (exact) mass is 248 g/mol. The molecule has 0 fully saturated rings.